The molecule has 0 fully saturated rings. The first-order valence-electron chi connectivity index (χ1n) is 9.12. The summed E-state index contributed by atoms with van der Waals surface area (Å²) < 4.78 is 0. The molecule has 0 atom stereocenters. The summed E-state index contributed by atoms with van der Waals surface area (Å²) in [5.74, 6) is 0.362. The van der Waals surface area contributed by atoms with Crippen molar-refractivity contribution in [2.24, 2.45) is 0 Å². The molecular formula is C23H26N2O. The van der Waals surface area contributed by atoms with Crippen LogP contribution in [0, 0.1) is 20.8 Å². The van der Waals surface area contributed by atoms with E-state index < -0.39 is 0 Å². The Labute approximate surface area is 155 Å². The minimum Gasteiger partial charge on any atom is -0.325 e. The topological polar surface area (TPSA) is 42.0 Å². The lowest BCUT2D eigenvalue weighted by Gasteiger charge is -2.17. The second-order valence-corrected chi connectivity index (χ2v) is 7.24. The second kappa shape index (κ2) is 7.28. The van der Waals surface area contributed by atoms with Gasteiger partial charge in [-0.15, -0.1) is 0 Å². The average molecular weight is 346 g/mol. The molecule has 3 rings (SSSR count). The number of benzene rings is 2. The van der Waals surface area contributed by atoms with Gasteiger partial charge in [0.25, 0.3) is 0 Å². The van der Waals surface area contributed by atoms with Crippen LogP contribution in [0.4, 0.5) is 5.69 Å². The number of rotatable bonds is 4. The zero-order valence-corrected chi connectivity index (χ0v) is 16.2. The molecule has 3 aromatic rings. The Balaban J connectivity index is 1.92. The van der Waals surface area contributed by atoms with Crippen LogP contribution in [0.5, 0.6) is 0 Å². The quantitative estimate of drug-likeness (QED) is 0.681. The molecule has 0 saturated carbocycles. The average Bonchev–Trinajstić information content (AvgIpc) is 2.60. The molecule has 0 bridgehead atoms. The van der Waals surface area contributed by atoms with Crippen molar-refractivity contribution in [3.05, 3.63) is 70.4 Å². The predicted molar refractivity (Wildman–Crippen MR) is 109 cm³/mol. The molecule has 0 aliphatic rings. The Morgan fingerprint density at radius 2 is 1.77 bits per heavy atom. The van der Waals surface area contributed by atoms with Crippen LogP contribution in [0.25, 0.3) is 10.9 Å². The molecular weight excluding hydrogens is 320 g/mol. The summed E-state index contributed by atoms with van der Waals surface area (Å²) in [5, 5.41) is 4.26. The molecule has 1 aromatic heterocycles. The zero-order valence-electron chi connectivity index (χ0n) is 16.2. The number of anilines is 1. The van der Waals surface area contributed by atoms with Crippen LogP contribution >= 0.6 is 0 Å². The van der Waals surface area contributed by atoms with Gasteiger partial charge in [-0.25, -0.2) is 0 Å². The third kappa shape index (κ3) is 3.48. The van der Waals surface area contributed by atoms with Gasteiger partial charge in [-0.05, 0) is 55.0 Å². The molecule has 134 valence electrons. The number of amides is 1. The van der Waals surface area contributed by atoms with Gasteiger partial charge in [-0.1, -0.05) is 50.2 Å². The van der Waals surface area contributed by atoms with E-state index in [1.165, 1.54) is 5.56 Å². The third-order valence-corrected chi connectivity index (χ3v) is 5.01. The first kappa shape index (κ1) is 18.1. The molecule has 1 heterocycles. The van der Waals surface area contributed by atoms with Crippen LogP contribution in [-0.2, 0) is 11.2 Å². The summed E-state index contributed by atoms with van der Waals surface area (Å²) in [5.41, 5.74) is 7.26. The number of aromatic nitrogens is 1. The van der Waals surface area contributed by atoms with Crippen molar-refractivity contribution in [2.75, 3.05) is 5.32 Å². The van der Waals surface area contributed by atoms with Gasteiger partial charge in [0.1, 0.15) is 0 Å². The number of nitrogens with zero attached hydrogens (tertiary/aromatic N) is 1. The number of aryl methyl sites for hydroxylation is 3. The van der Waals surface area contributed by atoms with Crippen molar-refractivity contribution in [2.45, 2.75) is 47.0 Å². The number of nitrogens with one attached hydrogen (secondary N) is 1. The summed E-state index contributed by atoms with van der Waals surface area (Å²) in [6.07, 6.45) is 0.335. The molecule has 3 nitrogen and oxygen atoms in total. The fourth-order valence-corrected chi connectivity index (χ4v) is 3.52. The van der Waals surface area contributed by atoms with Crippen molar-refractivity contribution in [1.29, 1.82) is 0 Å². The maximum absolute atomic E-state index is 12.8. The van der Waals surface area contributed by atoms with E-state index in [0.29, 0.717) is 12.3 Å². The van der Waals surface area contributed by atoms with E-state index >= 15 is 0 Å². The lowest BCUT2D eigenvalue weighted by molar-refractivity contribution is -0.115. The van der Waals surface area contributed by atoms with Crippen LogP contribution in [0.1, 0.15) is 47.7 Å². The minimum atomic E-state index is 0.00415. The summed E-state index contributed by atoms with van der Waals surface area (Å²) in [6.45, 7) is 10.4. The summed E-state index contributed by atoms with van der Waals surface area (Å²) in [7, 11) is 0. The molecule has 2 aromatic carbocycles. The molecule has 0 aliphatic heterocycles. The SMILES string of the molecule is Cc1cccc(C(C)C)c1NC(=O)Cc1c(C)nc2ccccc2c1C. The summed E-state index contributed by atoms with van der Waals surface area (Å²) >= 11 is 0. The van der Waals surface area contributed by atoms with Crippen molar-refractivity contribution < 1.29 is 4.79 Å². The van der Waals surface area contributed by atoms with Crippen molar-refractivity contribution in [1.82, 2.24) is 4.98 Å². The molecule has 0 radical (unpaired) electrons. The van der Waals surface area contributed by atoms with Gasteiger partial charge < -0.3 is 5.32 Å². The van der Waals surface area contributed by atoms with E-state index in [-0.39, 0.29) is 5.91 Å². The Morgan fingerprint density at radius 1 is 1.04 bits per heavy atom. The van der Waals surface area contributed by atoms with Crippen molar-refractivity contribution in [3.63, 3.8) is 0 Å². The summed E-state index contributed by atoms with van der Waals surface area (Å²) in [6, 6.07) is 14.3. The first-order chi connectivity index (χ1) is 12.4. The monoisotopic (exact) mass is 346 g/mol. The molecule has 1 N–H and O–H groups in total. The maximum atomic E-state index is 12.8. The third-order valence-electron chi connectivity index (χ3n) is 5.01. The van der Waals surface area contributed by atoms with Gasteiger partial charge >= 0.3 is 0 Å². The fraction of sp³-hybridized carbons (Fsp3) is 0.304. The highest BCUT2D eigenvalue weighted by molar-refractivity contribution is 5.95. The van der Waals surface area contributed by atoms with Gasteiger partial charge in [-0.3, -0.25) is 9.78 Å². The van der Waals surface area contributed by atoms with Crippen LogP contribution in [0.15, 0.2) is 42.5 Å². The zero-order chi connectivity index (χ0) is 18.8. The highest BCUT2D eigenvalue weighted by atomic mass is 16.1. The Bertz CT molecular complexity index is 973. The molecule has 1 amide bonds. The summed E-state index contributed by atoms with van der Waals surface area (Å²) in [4.78, 5) is 17.5. The van der Waals surface area contributed by atoms with E-state index in [9.17, 15) is 4.79 Å². The van der Waals surface area contributed by atoms with Crippen molar-refractivity contribution in [3.8, 4) is 0 Å². The minimum absolute atomic E-state index is 0.00415. The Morgan fingerprint density at radius 3 is 2.50 bits per heavy atom. The Kier molecular flexibility index (Phi) is 5.08. The van der Waals surface area contributed by atoms with Crippen LogP contribution in [-0.4, -0.2) is 10.9 Å². The van der Waals surface area contributed by atoms with Gasteiger partial charge in [0.05, 0.1) is 11.9 Å². The number of pyridine rings is 1. The number of carbonyl (C=O) groups is 1. The smallest absolute Gasteiger partial charge is 0.228 e. The van der Waals surface area contributed by atoms with Gasteiger partial charge in [0.2, 0.25) is 5.91 Å². The lowest BCUT2D eigenvalue weighted by Crippen LogP contribution is -2.18. The highest BCUT2D eigenvalue weighted by Crippen LogP contribution is 2.28. The van der Waals surface area contributed by atoms with E-state index in [0.717, 1.165) is 39.0 Å². The molecule has 3 heteroatoms. The molecule has 0 saturated heterocycles. The molecule has 26 heavy (non-hydrogen) atoms. The number of hydrogen-bond acceptors (Lipinski definition) is 2. The molecule has 0 aliphatic carbocycles. The van der Waals surface area contributed by atoms with E-state index in [2.05, 4.69) is 43.2 Å². The number of fused-ring (bicyclic) bond motifs is 1. The number of hydrogen-bond donors (Lipinski definition) is 1. The van der Waals surface area contributed by atoms with Gasteiger partial charge in [0.15, 0.2) is 0 Å². The first-order valence-corrected chi connectivity index (χ1v) is 9.12. The van der Waals surface area contributed by atoms with E-state index in [1.807, 2.05) is 44.2 Å². The second-order valence-electron chi connectivity index (χ2n) is 7.24. The van der Waals surface area contributed by atoms with Crippen molar-refractivity contribution >= 4 is 22.5 Å². The van der Waals surface area contributed by atoms with Gasteiger partial charge in [0, 0.05) is 16.8 Å². The van der Waals surface area contributed by atoms with Gasteiger partial charge in [-0.2, -0.15) is 0 Å². The normalized spacial score (nSPS) is 11.2. The van der Waals surface area contributed by atoms with E-state index in [1.54, 1.807) is 0 Å². The maximum Gasteiger partial charge on any atom is 0.228 e. The Hall–Kier alpha value is -2.68. The highest BCUT2D eigenvalue weighted by Gasteiger charge is 2.16. The predicted octanol–water partition coefficient (Wildman–Crippen LogP) is 5.46. The van der Waals surface area contributed by atoms with Crippen LogP contribution in [0.2, 0.25) is 0 Å². The molecule has 0 unspecified atom stereocenters. The number of carbonyl (C=O) groups excluding carboxylic acids is 1. The number of para-hydroxylation sites is 2. The van der Waals surface area contributed by atoms with Crippen LogP contribution in [0.3, 0.4) is 0 Å². The fourth-order valence-electron chi connectivity index (χ4n) is 3.52. The standard InChI is InChI=1S/C23H26N2O/c1-14(2)18-11-8-9-15(3)23(18)25-22(26)13-20-16(4)19-10-6-7-12-21(19)24-17(20)5/h6-12,14H,13H2,1-5H3,(H,25,26). The van der Waals surface area contributed by atoms with E-state index in [4.69, 9.17) is 0 Å². The van der Waals surface area contributed by atoms with Crippen LogP contribution < -0.4 is 5.32 Å². The largest absolute Gasteiger partial charge is 0.325 e. The lowest BCUT2D eigenvalue weighted by atomic mass is 9.97. The molecule has 0 spiro atoms.